The Morgan fingerprint density at radius 3 is 2.23 bits per heavy atom. The largest absolute Gasteiger partial charge is 0.255 e. The van der Waals surface area contributed by atoms with E-state index in [1.165, 1.54) is 38.8 Å². The van der Waals surface area contributed by atoms with Crippen LogP contribution in [-0.2, 0) is 0 Å². The molecule has 2 heteroatoms. The third kappa shape index (κ3) is 5.27. The first-order chi connectivity index (χ1) is 6.08. The number of hydrogen-bond acceptors (Lipinski definition) is 2. The Morgan fingerprint density at radius 1 is 1.08 bits per heavy atom. The number of piperidine rings is 1. The molecule has 0 aromatic carbocycles. The third-order valence-electron chi connectivity index (χ3n) is 2.57. The molecule has 1 saturated heterocycles. The topological polar surface area (TPSA) is 15.3 Å². The van der Waals surface area contributed by atoms with E-state index in [4.69, 9.17) is 0 Å². The van der Waals surface area contributed by atoms with Crippen LogP contribution < -0.4 is 5.43 Å². The van der Waals surface area contributed by atoms with Crippen molar-refractivity contribution >= 4 is 0 Å². The van der Waals surface area contributed by atoms with Gasteiger partial charge in [-0.05, 0) is 24.7 Å². The molecule has 0 radical (unpaired) electrons. The van der Waals surface area contributed by atoms with Crippen molar-refractivity contribution in [3.63, 3.8) is 0 Å². The molecule has 0 aliphatic carbocycles. The summed E-state index contributed by atoms with van der Waals surface area (Å²) in [5, 5.41) is 2.38. The first-order valence-electron chi connectivity index (χ1n) is 5.56. The summed E-state index contributed by atoms with van der Waals surface area (Å²) in [6.07, 6.45) is 5.39. The molecule has 0 atom stereocenters. The summed E-state index contributed by atoms with van der Waals surface area (Å²) in [7, 11) is 0. The Kier molecular flexibility index (Phi) is 4.20. The molecule has 1 rings (SSSR count). The van der Waals surface area contributed by atoms with Crippen LogP contribution in [0.3, 0.4) is 0 Å². The summed E-state index contributed by atoms with van der Waals surface area (Å²) in [5.74, 6) is 0. The van der Waals surface area contributed by atoms with E-state index in [2.05, 4.69) is 31.2 Å². The predicted molar refractivity (Wildman–Crippen MR) is 57.5 cm³/mol. The lowest BCUT2D eigenvalue weighted by molar-refractivity contribution is 0.145. The smallest absolute Gasteiger partial charge is 0.0131 e. The molecule has 2 nitrogen and oxygen atoms in total. The maximum absolute atomic E-state index is 3.51. The van der Waals surface area contributed by atoms with Crippen molar-refractivity contribution in [3.8, 4) is 0 Å². The van der Waals surface area contributed by atoms with Crippen LogP contribution in [0, 0.1) is 5.41 Å². The minimum absolute atomic E-state index is 0.461. The SMILES string of the molecule is CC(C)(C)CCNN1CCCCC1. The van der Waals surface area contributed by atoms with E-state index >= 15 is 0 Å². The minimum atomic E-state index is 0.461. The molecule has 0 spiro atoms. The first-order valence-corrected chi connectivity index (χ1v) is 5.56. The van der Waals surface area contributed by atoms with Crippen LogP contribution >= 0.6 is 0 Å². The van der Waals surface area contributed by atoms with E-state index in [0.29, 0.717) is 5.41 Å². The van der Waals surface area contributed by atoms with Gasteiger partial charge in [0.1, 0.15) is 0 Å². The average molecular weight is 184 g/mol. The Bertz CT molecular complexity index is 132. The summed E-state index contributed by atoms with van der Waals surface area (Å²) in [4.78, 5) is 0. The second-order valence-corrected chi connectivity index (χ2v) is 5.27. The second-order valence-electron chi connectivity index (χ2n) is 5.27. The highest BCUT2D eigenvalue weighted by Crippen LogP contribution is 2.17. The number of nitrogens with one attached hydrogen (secondary N) is 1. The molecule has 0 unspecified atom stereocenters. The molecule has 1 N–H and O–H groups in total. The summed E-state index contributed by atoms with van der Waals surface area (Å²) < 4.78 is 0. The lowest BCUT2D eigenvalue weighted by Crippen LogP contribution is -2.42. The lowest BCUT2D eigenvalue weighted by Gasteiger charge is -2.28. The van der Waals surface area contributed by atoms with E-state index in [1.807, 2.05) is 0 Å². The first kappa shape index (κ1) is 11.0. The van der Waals surface area contributed by atoms with Gasteiger partial charge in [-0.3, -0.25) is 5.43 Å². The van der Waals surface area contributed by atoms with Gasteiger partial charge in [0.25, 0.3) is 0 Å². The predicted octanol–water partition coefficient (Wildman–Crippen LogP) is 2.41. The molecule has 0 aromatic rings. The van der Waals surface area contributed by atoms with Gasteiger partial charge in [-0.15, -0.1) is 0 Å². The normalized spacial score (nSPS) is 20.5. The highest BCUT2D eigenvalue weighted by atomic mass is 15.5. The number of hydrazine groups is 1. The van der Waals surface area contributed by atoms with Crippen molar-refractivity contribution in [2.24, 2.45) is 5.41 Å². The Labute approximate surface area is 82.7 Å². The van der Waals surface area contributed by atoms with Gasteiger partial charge < -0.3 is 0 Å². The minimum Gasteiger partial charge on any atom is -0.255 e. The molecule has 1 aliphatic heterocycles. The van der Waals surface area contributed by atoms with Crippen molar-refractivity contribution in [2.45, 2.75) is 46.5 Å². The monoisotopic (exact) mass is 184 g/mol. The van der Waals surface area contributed by atoms with Gasteiger partial charge in [0, 0.05) is 19.6 Å². The zero-order chi connectivity index (χ0) is 9.73. The fraction of sp³-hybridized carbons (Fsp3) is 1.00. The Morgan fingerprint density at radius 2 is 1.69 bits per heavy atom. The number of hydrogen-bond donors (Lipinski definition) is 1. The summed E-state index contributed by atoms with van der Waals surface area (Å²) in [5.41, 5.74) is 3.97. The van der Waals surface area contributed by atoms with Gasteiger partial charge in [-0.1, -0.05) is 27.2 Å². The zero-order valence-electron chi connectivity index (χ0n) is 9.40. The average Bonchev–Trinajstić information content (AvgIpc) is 2.04. The molecule has 78 valence electrons. The molecular weight excluding hydrogens is 160 g/mol. The van der Waals surface area contributed by atoms with Gasteiger partial charge in [-0.2, -0.15) is 0 Å². The van der Waals surface area contributed by atoms with Crippen LogP contribution in [0.1, 0.15) is 46.5 Å². The van der Waals surface area contributed by atoms with Crippen LogP contribution in [0.15, 0.2) is 0 Å². The quantitative estimate of drug-likeness (QED) is 0.724. The van der Waals surface area contributed by atoms with Gasteiger partial charge in [0.2, 0.25) is 0 Å². The molecule has 13 heavy (non-hydrogen) atoms. The molecule has 0 aromatic heterocycles. The molecule has 1 fully saturated rings. The van der Waals surface area contributed by atoms with Crippen LogP contribution in [0.25, 0.3) is 0 Å². The summed E-state index contributed by atoms with van der Waals surface area (Å²) >= 11 is 0. The maximum atomic E-state index is 3.51. The number of nitrogens with zero attached hydrogens (tertiary/aromatic N) is 1. The fourth-order valence-electron chi connectivity index (χ4n) is 1.64. The van der Waals surface area contributed by atoms with Crippen LogP contribution in [-0.4, -0.2) is 24.6 Å². The van der Waals surface area contributed by atoms with Crippen molar-refractivity contribution in [1.29, 1.82) is 0 Å². The van der Waals surface area contributed by atoms with E-state index in [1.54, 1.807) is 0 Å². The van der Waals surface area contributed by atoms with Crippen molar-refractivity contribution < 1.29 is 0 Å². The molecule has 1 heterocycles. The van der Waals surface area contributed by atoms with Crippen LogP contribution in [0.2, 0.25) is 0 Å². The second kappa shape index (κ2) is 4.97. The van der Waals surface area contributed by atoms with E-state index in [9.17, 15) is 0 Å². The third-order valence-corrected chi connectivity index (χ3v) is 2.57. The van der Waals surface area contributed by atoms with Crippen molar-refractivity contribution in [2.75, 3.05) is 19.6 Å². The van der Waals surface area contributed by atoms with Gasteiger partial charge in [0.05, 0.1) is 0 Å². The molecule has 0 saturated carbocycles. The Balaban J connectivity index is 2.04. The summed E-state index contributed by atoms with van der Waals surface area (Å²) in [6, 6.07) is 0. The van der Waals surface area contributed by atoms with Gasteiger partial charge in [-0.25, -0.2) is 5.01 Å². The van der Waals surface area contributed by atoms with Gasteiger partial charge >= 0.3 is 0 Å². The zero-order valence-corrected chi connectivity index (χ0v) is 9.40. The van der Waals surface area contributed by atoms with Crippen molar-refractivity contribution in [3.05, 3.63) is 0 Å². The van der Waals surface area contributed by atoms with Crippen molar-refractivity contribution in [1.82, 2.24) is 10.4 Å². The van der Waals surface area contributed by atoms with Crippen LogP contribution in [0.5, 0.6) is 0 Å². The van der Waals surface area contributed by atoms with E-state index in [0.717, 1.165) is 6.54 Å². The molecule has 1 aliphatic rings. The van der Waals surface area contributed by atoms with E-state index < -0.39 is 0 Å². The van der Waals surface area contributed by atoms with Crippen LogP contribution in [0.4, 0.5) is 0 Å². The van der Waals surface area contributed by atoms with Gasteiger partial charge in [0.15, 0.2) is 0 Å². The lowest BCUT2D eigenvalue weighted by atomic mass is 9.92. The highest BCUT2D eigenvalue weighted by molar-refractivity contribution is 4.65. The van der Waals surface area contributed by atoms with E-state index in [-0.39, 0.29) is 0 Å². The summed E-state index contributed by atoms with van der Waals surface area (Å²) in [6.45, 7) is 10.5. The number of rotatable bonds is 3. The maximum Gasteiger partial charge on any atom is 0.0131 e. The Hall–Kier alpha value is -0.0800. The molecule has 0 amide bonds. The highest BCUT2D eigenvalue weighted by Gasteiger charge is 2.12. The fourth-order valence-corrected chi connectivity index (χ4v) is 1.64. The standard InChI is InChI=1S/C11H24N2/c1-11(2,3)7-8-12-13-9-5-4-6-10-13/h12H,4-10H2,1-3H3. The molecular formula is C11H24N2. The molecule has 0 bridgehead atoms.